The van der Waals surface area contributed by atoms with Gasteiger partial charge in [-0.05, 0) is 56.7 Å². The van der Waals surface area contributed by atoms with E-state index in [1.807, 2.05) is 0 Å². The summed E-state index contributed by atoms with van der Waals surface area (Å²) in [5.74, 6) is 1.76. The monoisotopic (exact) mass is 278 g/mol. The number of benzene rings is 2. The van der Waals surface area contributed by atoms with Crippen molar-refractivity contribution in [3.8, 4) is 22.3 Å². The van der Waals surface area contributed by atoms with Crippen molar-refractivity contribution in [1.82, 2.24) is 0 Å². The lowest BCUT2D eigenvalue weighted by atomic mass is 9.73. The first-order valence-corrected chi connectivity index (χ1v) is 8.22. The Morgan fingerprint density at radius 1 is 0.571 bits per heavy atom. The number of hydrogen-bond donors (Lipinski definition) is 0. The Kier molecular flexibility index (Phi) is 3.43. The van der Waals surface area contributed by atoms with Gasteiger partial charge in [0.1, 0.15) is 0 Å². The minimum atomic E-state index is 0.577. The van der Waals surface area contributed by atoms with Gasteiger partial charge >= 0.3 is 0 Å². The lowest BCUT2D eigenvalue weighted by molar-refractivity contribution is 0.834. The minimum Gasteiger partial charge on any atom is -0.0587 e. The molecule has 1 aliphatic rings. The fourth-order valence-corrected chi connectivity index (χ4v) is 3.29. The molecule has 0 nitrogen and oxygen atoms in total. The van der Waals surface area contributed by atoms with Gasteiger partial charge in [0.25, 0.3) is 0 Å². The van der Waals surface area contributed by atoms with Gasteiger partial charge in [-0.15, -0.1) is 0 Å². The summed E-state index contributed by atoms with van der Waals surface area (Å²) in [5, 5.41) is 0. The Bertz CT molecular complexity index is 687. The van der Waals surface area contributed by atoms with Gasteiger partial charge in [0.15, 0.2) is 0 Å². The summed E-state index contributed by atoms with van der Waals surface area (Å²) in [7, 11) is 0. The van der Waals surface area contributed by atoms with Crippen LogP contribution < -0.4 is 0 Å². The van der Waals surface area contributed by atoms with Crippen molar-refractivity contribution < 1.29 is 0 Å². The molecule has 21 heavy (non-hydrogen) atoms. The van der Waals surface area contributed by atoms with Gasteiger partial charge in [0.05, 0.1) is 0 Å². The third-order valence-electron chi connectivity index (χ3n) is 4.75. The van der Waals surface area contributed by atoms with E-state index in [2.05, 4.69) is 71.9 Å². The van der Waals surface area contributed by atoms with Crippen molar-refractivity contribution in [2.75, 3.05) is 0 Å². The van der Waals surface area contributed by atoms with Crippen molar-refractivity contribution in [2.45, 2.75) is 59.3 Å². The molecule has 0 heterocycles. The van der Waals surface area contributed by atoms with Gasteiger partial charge in [-0.2, -0.15) is 0 Å². The molecule has 0 heteroatoms. The first kappa shape index (κ1) is 14.4. The zero-order valence-electron chi connectivity index (χ0n) is 14.1. The predicted molar refractivity (Wildman–Crippen MR) is 93.1 cm³/mol. The zero-order chi connectivity index (χ0) is 15.3. The highest BCUT2D eigenvalue weighted by atomic mass is 14.3. The van der Waals surface area contributed by atoms with E-state index in [0.717, 1.165) is 0 Å². The Labute approximate surface area is 129 Å². The molecule has 0 amide bonds. The normalized spacial score (nSPS) is 12.6. The summed E-state index contributed by atoms with van der Waals surface area (Å²) in [6, 6.07) is 11.9. The van der Waals surface area contributed by atoms with Crippen LogP contribution >= 0.6 is 0 Å². The highest BCUT2D eigenvalue weighted by Gasteiger charge is 2.27. The van der Waals surface area contributed by atoms with Crippen LogP contribution in [0.25, 0.3) is 22.3 Å². The molecule has 2 aromatic rings. The Balaban J connectivity index is 2.18. The van der Waals surface area contributed by atoms with Gasteiger partial charge < -0.3 is 0 Å². The summed E-state index contributed by atoms with van der Waals surface area (Å²) in [6.07, 6.45) is 0. The molecule has 0 spiro atoms. The molecule has 2 aromatic carbocycles. The molecular weight excluding hydrogens is 252 g/mol. The molecule has 0 unspecified atom stereocenters. The Morgan fingerprint density at radius 3 is 1.76 bits per heavy atom. The van der Waals surface area contributed by atoms with Crippen LogP contribution in [0.15, 0.2) is 30.3 Å². The van der Waals surface area contributed by atoms with E-state index in [9.17, 15) is 0 Å². The maximum atomic E-state index is 2.43. The van der Waals surface area contributed by atoms with Crippen LogP contribution in [0.1, 0.15) is 76.0 Å². The van der Waals surface area contributed by atoms with Crippen LogP contribution in [0.5, 0.6) is 0 Å². The lowest BCUT2D eigenvalue weighted by Gasteiger charge is -2.31. The molecule has 0 fully saturated rings. The summed E-state index contributed by atoms with van der Waals surface area (Å²) in [4.78, 5) is 0. The smallest absolute Gasteiger partial charge is 0.00639 e. The lowest BCUT2D eigenvalue weighted by Crippen LogP contribution is -2.07. The molecule has 0 saturated carbocycles. The average molecular weight is 278 g/mol. The molecule has 0 N–H and O–H groups in total. The van der Waals surface area contributed by atoms with E-state index >= 15 is 0 Å². The van der Waals surface area contributed by atoms with E-state index < -0.39 is 0 Å². The molecule has 0 radical (unpaired) electrons. The molecule has 0 aromatic heterocycles. The molecule has 110 valence electrons. The van der Waals surface area contributed by atoms with Crippen LogP contribution in [-0.2, 0) is 0 Å². The second-order valence-electron chi connectivity index (χ2n) is 7.30. The van der Waals surface area contributed by atoms with Gasteiger partial charge in [-0.25, -0.2) is 0 Å². The number of fused-ring (bicyclic) bond motifs is 4. The molecule has 0 bridgehead atoms. The van der Waals surface area contributed by atoms with Crippen molar-refractivity contribution in [1.29, 1.82) is 0 Å². The van der Waals surface area contributed by atoms with Gasteiger partial charge in [-0.1, -0.05) is 71.9 Å². The van der Waals surface area contributed by atoms with Gasteiger partial charge in [-0.3, -0.25) is 0 Å². The second kappa shape index (κ2) is 5.02. The number of rotatable bonds is 3. The number of hydrogen-bond acceptors (Lipinski definition) is 0. The van der Waals surface area contributed by atoms with Gasteiger partial charge in [0.2, 0.25) is 0 Å². The highest BCUT2D eigenvalue weighted by Crippen LogP contribution is 2.52. The van der Waals surface area contributed by atoms with E-state index in [-0.39, 0.29) is 0 Å². The van der Waals surface area contributed by atoms with Crippen molar-refractivity contribution >= 4 is 0 Å². The van der Waals surface area contributed by atoms with E-state index in [4.69, 9.17) is 0 Å². The van der Waals surface area contributed by atoms with Crippen LogP contribution in [-0.4, -0.2) is 0 Å². The summed E-state index contributed by atoms with van der Waals surface area (Å²) >= 11 is 0. The third kappa shape index (κ3) is 2.21. The Hall–Kier alpha value is -1.56. The summed E-state index contributed by atoms with van der Waals surface area (Å²) in [5.41, 5.74) is 10.3. The standard InChI is InChI=1S/C21H26/c1-12(2)15-7-8-17-19(9-15)21-18(14(5)6)10-16(13(3)4)11-20(17)21/h7-14H,1-6H3. The zero-order valence-corrected chi connectivity index (χ0v) is 14.1. The topological polar surface area (TPSA) is 0 Å². The maximum absolute atomic E-state index is 2.43. The fraction of sp³-hybridized carbons (Fsp3) is 0.429. The third-order valence-corrected chi connectivity index (χ3v) is 4.75. The first-order chi connectivity index (χ1) is 9.90. The molecule has 0 aliphatic heterocycles. The first-order valence-electron chi connectivity index (χ1n) is 8.22. The van der Waals surface area contributed by atoms with E-state index in [0.29, 0.717) is 17.8 Å². The molecule has 0 saturated heterocycles. The minimum absolute atomic E-state index is 0.577. The quantitative estimate of drug-likeness (QED) is 0.500. The van der Waals surface area contributed by atoms with Gasteiger partial charge in [0, 0.05) is 0 Å². The molecular formula is C21H26. The van der Waals surface area contributed by atoms with Crippen LogP contribution in [0, 0.1) is 0 Å². The fourth-order valence-electron chi connectivity index (χ4n) is 3.29. The highest BCUT2D eigenvalue weighted by molar-refractivity contribution is 6.04. The van der Waals surface area contributed by atoms with Crippen LogP contribution in [0.3, 0.4) is 0 Å². The van der Waals surface area contributed by atoms with E-state index in [1.54, 1.807) is 0 Å². The maximum Gasteiger partial charge on any atom is -0.00639 e. The Morgan fingerprint density at radius 2 is 1.19 bits per heavy atom. The van der Waals surface area contributed by atoms with E-state index in [1.165, 1.54) is 38.9 Å². The largest absolute Gasteiger partial charge is 0.0587 e. The van der Waals surface area contributed by atoms with Crippen molar-refractivity contribution in [2.24, 2.45) is 0 Å². The molecule has 1 aliphatic carbocycles. The van der Waals surface area contributed by atoms with Crippen LogP contribution in [0.2, 0.25) is 0 Å². The second-order valence-corrected chi connectivity index (χ2v) is 7.30. The van der Waals surface area contributed by atoms with Crippen molar-refractivity contribution in [3.05, 3.63) is 47.0 Å². The average Bonchev–Trinajstić information content (AvgIpc) is 2.42. The summed E-state index contributed by atoms with van der Waals surface area (Å²) < 4.78 is 0. The van der Waals surface area contributed by atoms with Crippen LogP contribution in [0.4, 0.5) is 0 Å². The summed E-state index contributed by atoms with van der Waals surface area (Å²) in [6.45, 7) is 13.7. The van der Waals surface area contributed by atoms with Crippen molar-refractivity contribution in [3.63, 3.8) is 0 Å². The SMILES string of the molecule is CC(C)c1ccc2c(c1)-c1c-2cc(C(C)C)cc1C(C)C. The molecule has 0 atom stereocenters. The predicted octanol–water partition coefficient (Wildman–Crippen LogP) is 6.70. The molecule has 3 rings (SSSR count).